The third kappa shape index (κ3) is 1.84. The zero-order valence-corrected chi connectivity index (χ0v) is 8.21. The molecule has 0 aromatic heterocycles. The van der Waals surface area contributed by atoms with Crippen molar-refractivity contribution < 1.29 is 9.59 Å². The normalized spacial score (nSPS) is 23.1. The van der Waals surface area contributed by atoms with Gasteiger partial charge in [0.15, 0.2) is 11.6 Å². The molecule has 0 bridgehead atoms. The maximum Gasteiger partial charge on any atom is 0.162 e. The SMILES string of the molecule is O=C1C=C(C2=CCCCC2=O)CCC1. The van der Waals surface area contributed by atoms with Gasteiger partial charge in [0.25, 0.3) is 0 Å². The van der Waals surface area contributed by atoms with E-state index in [0.29, 0.717) is 12.8 Å². The molecule has 0 unspecified atom stereocenters. The van der Waals surface area contributed by atoms with Crippen molar-refractivity contribution in [1.29, 1.82) is 0 Å². The van der Waals surface area contributed by atoms with E-state index in [4.69, 9.17) is 0 Å². The molecule has 0 heterocycles. The lowest BCUT2D eigenvalue weighted by Crippen LogP contribution is -2.13. The Morgan fingerprint density at radius 3 is 2.57 bits per heavy atom. The molecule has 0 radical (unpaired) electrons. The van der Waals surface area contributed by atoms with Crippen molar-refractivity contribution in [3.8, 4) is 0 Å². The summed E-state index contributed by atoms with van der Waals surface area (Å²) in [7, 11) is 0. The summed E-state index contributed by atoms with van der Waals surface area (Å²) in [4.78, 5) is 22.8. The maximum atomic E-state index is 11.6. The number of carbonyl (C=O) groups excluding carboxylic acids is 2. The van der Waals surface area contributed by atoms with Crippen LogP contribution in [0.25, 0.3) is 0 Å². The molecule has 2 nitrogen and oxygen atoms in total. The summed E-state index contributed by atoms with van der Waals surface area (Å²) in [5, 5.41) is 0. The first-order chi connectivity index (χ1) is 6.77. The minimum absolute atomic E-state index is 0.172. The molecule has 2 rings (SSSR count). The van der Waals surface area contributed by atoms with Crippen LogP contribution in [0.15, 0.2) is 23.3 Å². The minimum Gasteiger partial charge on any atom is -0.295 e. The highest BCUT2D eigenvalue weighted by Crippen LogP contribution is 2.27. The number of hydrogen-bond donors (Lipinski definition) is 0. The second-order valence-corrected chi connectivity index (χ2v) is 3.92. The summed E-state index contributed by atoms with van der Waals surface area (Å²) in [6.45, 7) is 0. The molecule has 0 saturated heterocycles. The van der Waals surface area contributed by atoms with Crippen LogP contribution in [-0.2, 0) is 9.59 Å². The van der Waals surface area contributed by atoms with Gasteiger partial charge in [-0.3, -0.25) is 9.59 Å². The third-order valence-corrected chi connectivity index (χ3v) is 2.81. The molecular weight excluding hydrogens is 176 g/mol. The molecule has 0 N–H and O–H groups in total. The third-order valence-electron chi connectivity index (χ3n) is 2.81. The average molecular weight is 190 g/mol. The highest BCUT2D eigenvalue weighted by molar-refractivity contribution is 6.03. The van der Waals surface area contributed by atoms with Crippen molar-refractivity contribution >= 4 is 11.6 Å². The van der Waals surface area contributed by atoms with Gasteiger partial charge in [-0.25, -0.2) is 0 Å². The lowest BCUT2D eigenvalue weighted by atomic mass is 9.86. The van der Waals surface area contributed by atoms with Crippen molar-refractivity contribution in [2.75, 3.05) is 0 Å². The van der Waals surface area contributed by atoms with E-state index in [1.807, 2.05) is 6.08 Å². The summed E-state index contributed by atoms with van der Waals surface area (Å²) in [6.07, 6.45) is 8.69. The van der Waals surface area contributed by atoms with E-state index in [2.05, 4.69) is 0 Å². The number of allylic oxidation sites excluding steroid dienone is 4. The molecular formula is C12H14O2. The lowest BCUT2D eigenvalue weighted by Gasteiger charge is -2.17. The van der Waals surface area contributed by atoms with Gasteiger partial charge in [-0.15, -0.1) is 0 Å². The molecule has 0 fully saturated rings. The van der Waals surface area contributed by atoms with Crippen molar-refractivity contribution in [3.05, 3.63) is 23.3 Å². The van der Waals surface area contributed by atoms with Crippen LogP contribution < -0.4 is 0 Å². The Hall–Kier alpha value is -1.18. The molecule has 2 aliphatic rings. The summed E-state index contributed by atoms with van der Waals surface area (Å²) >= 11 is 0. The van der Waals surface area contributed by atoms with Crippen LogP contribution in [0.2, 0.25) is 0 Å². The lowest BCUT2D eigenvalue weighted by molar-refractivity contribution is -0.115. The van der Waals surface area contributed by atoms with Crippen molar-refractivity contribution in [1.82, 2.24) is 0 Å². The van der Waals surface area contributed by atoms with Crippen molar-refractivity contribution in [3.63, 3.8) is 0 Å². The van der Waals surface area contributed by atoms with Crippen molar-refractivity contribution in [2.45, 2.75) is 38.5 Å². The number of Topliss-reactive ketones (excluding diaryl/α,β-unsaturated/α-hetero) is 1. The van der Waals surface area contributed by atoms with E-state index >= 15 is 0 Å². The number of rotatable bonds is 1. The summed E-state index contributed by atoms with van der Waals surface area (Å²) in [6, 6.07) is 0. The highest BCUT2D eigenvalue weighted by atomic mass is 16.1. The molecule has 2 aliphatic carbocycles. The fourth-order valence-electron chi connectivity index (χ4n) is 2.07. The predicted octanol–water partition coefficient (Wildman–Crippen LogP) is 2.35. The molecule has 0 amide bonds. The minimum atomic E-state index is 0.172. The van der Waals surface area contributed by atoms with Crippen LogP contribution in [0.1, 0.15) is 38.5 Å². The van der Waals surface area contributed by atoms with Gasteiger partial charge in [0, 0.05) is 18.4 Å². The second kappa shape index (κ2) is 3.91. The Morgan fingerprint density at radius 1 is 1.00 bits per heavy atom. The van der Waals surface area contributed by atoms with Gasteiger partial charge in [0.05, 0.1) is 0 Å². The Bertz CT molecular complexity index is 334. The van der Waals surface area contributed by atoms with Gasteiger partial charge in [0.1, 0.15) is 0 Å². The number of ketones is 2. The van der Waals surface area contributed by atoms with E-state index in [1.54, 1.807) is 6.08 Å². The average Bonchev–Trinajstić information content (AvgIpc) is 2.18. The first kappa shape index (κ1) is 9.38. The maximum absolute atomic E-state index is 11.6. The van der Waals surface area contributed by atoms with Gasteiger partial charge < -0.3 is 0 Å². The first-order valence-corrected chi connectivity index (χ1v) is 5.24. The summed E-state index contributed by atoms with van der Waals surface area (Å²) < 4.78 is 0. The largest absolute Gasteiger partial charge is 0.295 e. The molecule has 0 saturated carbocycles. The van der Waals surface area contributed by atoms with E-state index in [9.17, 15) is 9.59 Å². The van der Waals surface area contributed by atoms with Crippen LogP contribution in [0.3, 0.4) is 0 Å². The molecule has 0 spiro atoms. The summed E-state index contributed by atoms with van der Waals surface area (Å²) in [5.41, 5.74) is 1.80. The molecule has 14 heavy (non-hydrogen) atoms. The quantitative estimate of drug-likeness (QED) is 0.636. The highest BCUT2D eigenvalue weighted by Gasteiger charge is 2.20. The van der Waals surface area contributed by atoms with E-state index in [-0.39, 0.29) is 11.6 Å². The molecule has 2 heteroatoms. The Labute approximate surface area is 83.7 Å². The smallest absolute Gasteiger partial charge is 0.162 e. The van der Waals surface area contributed by atoms with Gasteiger partial charge in [-0.05, 0) is 37.3 Å². The molecule has 0 aliphatic heterocycles. The fraction of sp³-hybridized carbons (Fsp3) is 0.500. The van der Waals surface area contributed by atoms with Gasteiger partial charge in [0.2, 0.25) is 0 Å². The molecule has 0 atom stereocenters. The molecule has 0 aromatic rings. The van der Waals surface area contributed by atoms with Gasteiger partial charge in [-0.2, -0.15) is 0 Å². The Kier molecular flexibility index (Phi) is 2.62. The van der Waals surface area contributed by atoms with Crippen LogP contribution in [0.5, 0.6) is 0 Å². The monoisotopic (exact) mass is 190 g/mol. The fourth-order valence-corrected chi connectivity index (χ4v) is 2.07. The molecule has 74 valence electrons. The van der Waals surface area contributed by atoms with E-state index < -0.39 is 0 Å². The van der Waals surface area contributed by atoms with E-state index in [0.717, 1.165) is 36.8 Å². The van der Waals surface area contributed by atoms with Crippen LogP contribution in [-0.4, -0.2) is 11.6 Å². The van der Waals surface area contributed by atoms with Crippen LogP contribution in [0, 0.1) is 0 Å². The summed E-state index contributed by atoms with van der Waals surface area (Å²) in [5.74, 6) is 0.391. The Morgan fingerprint density at radius 2 is 1.86 bits per heavy atom. The number of hydrogen-bond acceptors (Lipinski definition) is 2. The predicted molar refractivity (Wildman–Crippen MR) is 53.9 cm³/mol. The van der Waals surface area contributed by atoms with E-state index in [1.165, 1.54) is 0 Å². The van der Waals surface area contributed by atoms with Crippen LogP contribution >= 0.6 is 0 Å². The van der Waals surface area contributed by atoms with Crippen LogP contribution in [0.4, 0.5) is 0 Å². The first-order valence-electron chi connectivity index (χ1n) is 5.24. The molecule has 0 aromatic carbocycles. The topological polar surface area (TPSA) is 34.1 Å². The van der Waals surface area contributed by atoms with Gasteiger partial charge >= 0.3 is 0 Å². The Balaban J connectivity index is 2.25. The standard InChI is InChI=1S/C12H14O2/c13-10-5-3-4-9(8-10)11-6-1-2-7-12(11)14/h6,8H,1-5,7H2. The zero-order chi connectivity index (χ0) is 9.97. The van der Waals surface area contributed by atoms with Crippen molar-refractivity contribution in [2.24, 2.45) is 0 Å². The van der Waals surface area contributed by atoms with Gasteiger partial charge in [-0.1, -0.05) is 6.08 Å². The second-order valence-electron chi connectivity index (χ2n) is 3.92. The number of carbonyl (C=O) groups is 2. The zero-order valence-electron chi connectivity index (χ0n) is 8.21.